The van der Waals surface area contributed by atoms with E-state index in [-0.39, 0.29) is 5.92 Å². The van der Waals surface area contributed by atoms with Crippen LogP contribution in [-0.2, 0) is 15.1 Å². The zero-order valence-electron chi connectivity index (χ0n) is 11.9. The topological polar surface area (TPSA) is 69.4 Å². The van der Waals surface area contributed by atoms with Crippen molar-refractivity contribution in [3.63, 3.8) is 0 Å². The Morgan fingerprint density at radius 2 is 2.16 bits per heavy atom. The molecule has 0 aromatic carbocycles. The Labute approximate surface area is 113 Å². The van der Waals surface area contributed by atoms with E-state index >= 15 is 0 Å². The van der Waals surface area contributed by atoms with Gasteiger partial charge < -0.3 is 19.3 Å². The first-order valence-corrected chi connectivity index (χ1v) is 6.89. The van der Waals surface area contributed by atoms with Gasteiger partial charge >= 0.3 is 0 Å². The predicted octanol–water partition coefficient (Wildman–Crippen LogP) is 1.43. The molecule has 1 atom stereocenters. The van der Waals surface area contributed by atoms with Crippen molar-refractivity contribution in [2.24, 2.45) is 0 Å². The van der Waals surface area contributed by atoms with Gasteiger partial charge in [0.25, 0.3) is 0 Å². The van der Waals surface area contributed by atoms with Crippen molar-refractivity contribution < 1.29 is 14.0 Å². The Balaban J connectivity index is 2.10. The van der Waals surface area contributed by atoms with E-state index in [1.165, 1.54) is 0 Å². The van der Waals surface area contributed by atoms with Gasteiger partial charge in [-0.25, -0.2) is 0 Å². The zero-order chi connectivity index (χ0) is 13.7. The molecule has 0 saturated carbocycles. The van der Waals surface area contributed by atoms with Gasteiger partial charge in [-0.1, -0.05) is 19.0 Å². The molecule has 6 nitrogen and oxygen atoms in total. The van der Waals surface area contributed by atoms with Gasteiger partial charge in [0.15, 0.2) is 0 Å². The number of hydrogen-bond donors (Lipinski definition) is 1. The van der Waals surface area contributed by atoms with Crippen molar-refractivity contribution >= 4 is 0 Å². The summed E-state index contributed by atoms with van der Waals surface area (Å²) in [5, 5.41) is 7.40. The molecule has 108 valence electrons. The number of rotatable bonds is 6. The highest BCUT2D eigenvalue weighted by Crippen LogP contribution is 2.34. The van der Waals surface area contributed by atoms with Crippen LogP contribution >= 0.6 is 0 Å². The molecule has 1 fully saturated rings. The lowest BCUT2D eigenvalue weighted by Gasteiger charge is -2.32. The highest BCUT2D eigenvalue weighted by molar-refractivity contribution is 5.04. The van der Waals surface area contributed by atoms with Crippen LogP contribution in [-0.4, -0.2) is 43.6 Å². The third kappa shape index (κ3) is 3.13. The second-order valence-corrected chi connectivity index (χ2v) is 4.98. The summed E-state index contributed by atoms with van der Waals surface area (Å²) in [6, 6.07) is 0. The van der Waals surface area contributed by atoms with E-state index in [0.717, 1.165) is 25.9 Å². The highest BCUT2D eigenvalue weighted by Gasteiger charge is 2.39. The molecule has 0 aliphatic carbocycles. The van der Waals surface area contributed by atoms with Gasteiger partial charge in [-0.2, -0.15) is 4.98 Å². The van der Waals surface area contributed by atoms with Crippen molar-refractivity contribution in [2.75, 3.05) is 33.4 Å². The third-order valence-electron chi connectivity index (χ3n) is 3.66. The Kier molecular flexibility index (Phi) is 4.90. The molecule has 1 aromatic rings. The van der Waals surface area contributed by atoms with Crippen LogP contribution in [0.1, 0.15) is 44.3 Å². The highest BCUT2D eigenvalue weighted by atomic mass is 16.5. The zero-order valence-corrected chi connectivity index (χ0v) is 11.9. The van der Waals surface area contributed by atoms with Crippen molar-refractivity contribution in [3.05, 3.63) is 11.7 Å². The summed E-state index contributed by atoms with van der Waals surface area (Å²) in [7, 11) is 1.70. The molecule has 0 amide bonds. The molecule has 1 unspecified atom stereocenters. The molecule has 0 radical (unpaired) electrons. The van der Waals surface area contributed by atoms with Gasteiger partial charge in [-0.05, 0) is 6.54 Å². The van der Waals surface area contributed by atoms with E-state index < -0.39 is 5.60 Å². The molecule has 1 saturated heterocycles. The first kappa shape index (κ1) is 14.4. The normalized spacial score (nSPS) is 20.4. The summed E-state index contributed by atoms with van der Waals surface area (Å²) in [5.41, 5.74) is -0.447. The Morgan fingerprint density at radius 1 is 1.42 bits per heavy atom. The smallest absolute Gasteiger partial charge is 0.230 e. The summed E-state index contributed by atoms with van der Waals surface area (Å²) >= 11 is 0. The number of likely N-dealkylation sites (N-methyl/N-ethyl adjacent to an activating group) is 1. The predicted molar refractivity (Wildman–Crippen MR) is 70.0 cm³/mol. The van der Waals surface area contributed by atoms with Crippen molar-refractivity contribution in [3.8, 4) is 0 Å². The quantitative estimate of drug-likeness (QED) is 0.842. The standard InChI is InChI=1S/C13H23N3O3/c1-4-14-9-10(2)11-15-12(16-19-11)13(17-3)5-7-18-8-6-13/h10,14H,4-9H2,1-3H3. The van der Waals surface area contributed by atoms with Gasteiger partial charge in [-0.3, -0.25) is 0 Å². The maximum absolute atomic E-state index is 5.66. The van der Waals surface area contributed by atoms with Crippen LogP contribution in [0.25, 0.3) is 0 Å². The van der Waals surface area contributed by atoms with E-state index in [0.29, 0.717) is 24.9 Å². The Morgan fingerprint density at radius 3 is 2.79 bits per heavy atom. The second kappa shape index (κ2) is 6.45. The molecule has 0 bridgehead atoms. The number of nitrogens with one attached hydrogen (secondary N) is 1. The molecule has 1 N–H and O–H groups in total. The van der Waals surface area contributed by atoms with E-state index in [1.807, 2.05) is 0 Å². The number of methoxy groups -OCH3 is 1. The third-order valence-corrected chi connectivity index (χ3v) is 3.66. The van der Waals surface area contributed by atoms with E-state index in [1.54, 1.807) is 7.11 Å². The van der Waals surface area contributed by atoms with Crippen LogP contribution in [0.15, 0.2) is 4.52 Å². The first-order valence-electron chi connectivity index (χ1n) is 6.89. The van der Waals surface area contributed by atoms with Gasteiger partial charge in [0.1, 0.15) is 5.60 Å². The molecule has 2 rings (SSSR count). The summed E-state index contributed by atoms with van der Waals surface area (Å²) in [5.74, 6) is 1.52. The van der Waals surface area contributed by atoms with Crippen molar-refractivity contribution in [2.45, 2.75) is 38.2 Å². The lowest BCUT2D eigenvalue weighted by atomic mass is 9.93. The molecule has 1 aliphatic rings. The fourth-order valence-corrected chi connectivity index (χ4v) is 2.29. The molecule has 2 heterocycles. The van der Waals surface area contributed by atoms with E-state index in [2.05, 4.69) is 29.3 Å². The largest absolute Gasteiger partial charge is 0.381 e. The minimum absolute atomic E-state index is 0.204. The van der Waals surface area contributed by atoms with Crippen LogP contribution in [0.4, 0.5) is 0 Å². The molecule has 0 spiro atoms. The van der Waals surface area contributed by atoms with Gasteiger partial charge in [0.2, 0.25) is 11.7 Å². The average molecular weight is 269 g/mol. The lowest BCUT2D eigenvalue weighted by Crippen LogP contribution is -2.36. The fraction of sp³-hybridized carbons (Fsp3) is 0.846. The number of nitrogens with zero attached hydrogens (tertiary/aromatic N) is 2. The average Bonchev–Trinajstić information content (AvgIpc) is 2.96. The molecule has 6 heteroatoms. The van der Waals surface area contributed by atoms with Crippen molar-refractivity contribution in [1.29, 1.82) is 0 Å². The molecule has 1 aliphatic heterocycles. The minimum Gasteiger partial charge on any atom is -0.381 e. The minimum atomic E-state index is -0.447. The summed E-state index contributed by atoms with van der Waals surface area (Å²) in [4.78, 5) is 4.53. The van der Waals surface area contributed by atoms with E-state index in [9.17, 15) is 0 Å². The first-order chi connectivity index (χ1) is 9.22. The molecular weight excluding hydrogens is 246 g/mol. The van der Waals surface area contributed by atoms with Crippen LogP contribution in [0.5, 0.6) is 0 Å². The summed E-state index contributed by atoms with van der Waals surface area (Å²) < 4.78 is 16.4. The number of ether oxygens (including phenoxy) is 2. The Bertz CT molecular complexity index is 388. The second-order valence-electron chi connectivity index (χ2n) is 4.98. The SMILES string of the molecule is CCNCC(C)c1nc(C2(OC)CCOCC2)no1. The number of aromatic nitrogens is 2. The maximum Gasteiger partial charge on any atom is 0.230 e. The van der Waals surface area contributed by atoms with Crippen LogP contribution in [0.3, 0.4) is 0 Å². The molecule has 1 aromatic heterocycles. The van der Waals surface area contributed by atoms with Crippen LogP contribution in [0, 0.1) is 0 Å². The molecular formula is C13H23N3O3. The van der Waals surface area contributed by atoms with Crippen molar-refractivity contribution in [1.82, 2.24) is 15.5 Å². The van der Waals surface area contributed by atoms with Crippen LogP contribution < -0.4 is 5.32 Å². The Hall–Kier alpha value is -0.980. The van der Waals surface area contributed by atoms with Gasteiger partial charge in [-0.15, -0.1) is 0 Å². The molecule has 19 heavy (non-hydrogen) atoms. The fourth-order valence-electron chi connectivity index (χ4n) is 2.29. The maximum atomic E-state index is 5.66. The van der Waals surface area contributed by atoms with E-state index in [4.69, 9.17) is 14.0 Å². The van der Waals surface area contributed by atoms with Crippen LogP contribution in [0.2, 0.25) is 0 Å². The summed E-state index contributed by atoms with van der Waals surface area (Å²) in [6.07, 6.45) is 1.54. The number of hydrogen-bond acceptors (Lipinski definition) is 6. The lowest BCUT2D eigenvalue weighted by molar-refractivity contribution is -0.101. The summed E-state index contributed by atoms with van der Waals surface area (Å²) in [6.45, 7) is 7.26. The monoisotopic (exact) mass is 269 g/mol. The van der Waals surface area contributed by atoms with Gasteiger partial charge in [0.05, 0.1) is 0 Å². The van der Waals surface area contributed by atoms with Gasteiger partial charge in [0, 0.05) is 45.6 Å².